The molecule has 17 heavy (non-hydrogen) atoms. The van der Waals surface area contributed by atoms with E-state index in [1.165, 1.54) is 0 Å². The number of hydrogen-bond acceptors (Lipinski definition) is 4. The van der Waals surface area contributed by atoms with Crippen LogP contribution < -0.4 is 11.1 Å². The van der Waals surface area contributed by atoms with Crippen LogP contribution in [0.5, 0.6) is 0 Å². The van der Waals surface area contributed by atoms with E-state index >= 15 is 0 Å². The molecule has 1 heterocycles. The monoisotopic (exact) mass is 239 g/mol. The summed E-state index contributed by atoms with van der Waals surface area (Å²) in [5.41, 5.74) is 5.75. The van der Waals surface area contributed by atoms with Crippen molar-refractivity contribution in [3.8, 4) is 0 Å². The van der Waals surface area contributed by atoms with Gasteiger partial charge in [-0.1, -0.05) is 6.92 Å². The Kier molecular flexibility index (Phi) is 5.18. The average Bonchev–Trinajstić information content (AvgIpc) is 2.82. The van der Waals surface area contributed by atoms with E-state index in [1.54, 1.807) is 13.3 Å². The number of furan rings is 1. The minimum absolute atomic E-state index is 0.0112. The van der Waals surface area contributed by atoms with Crippen LogP contribution in [0.25, 0.3) is 0 Å². The molecule has 5 nitrogen and oxygen atoms in total. The Morgan fingerprint density at radius 2 is 2.35 bits per heavy atom. The van der Waals surface area contributed by atoms with Gasteiger partial charge in [0.05, 0.1) is 12.3 Å². The second kappa shape index (κ2) is 6.42. The van der Waals surface area contributed by atoms with Crippen LogP contribution in [0.3, 0.4) is 0 Å². The van der Waals surface area contributed by atoms with Crippen LogP contribution in [0, 0.1) is 5.92 Å². The number of nitrogens with one attached hydrogen (secondary N) is 1. The highest BCUT2D eigenvalue weighted by molar-refractivity contribution is 5.78. The normalized spacial score (nSPS) is 14.6. The quantitative estimate of drug-likeness (QED) is 0.762. The standard InChI is InChI=1S/C12H21N3O2/c1-9(12(16)14-2)8-15(3)10(7-13)11-5-4-6-17-11/h4-6,9-10H,7-8,13H2,1-3H3,(H,14,16). The van der Waals surface area contributed by atoms with Gasteiger partial charge in [-0.15, -0.1) is 0 Å². The highest BCUT2D eigenvalue weighted by Crippen LogP contribution is 2.19. The van der Waals surface area contributed by atoms with Gasteiger partial charge in [-0.05, 0) is 19.2 Å². The van der Waals surface area contributed by atoms with E-state index in [-0.39, 0.29) is 17.9 Å². The van der Waals surface area contributed by atoms with E-state index in [4.69, 9.17) is 10.2 Å². The number of nitrogens with two attached hydrogens (primary N) is 1. The maximum atomic E-state index is 11.5. The molecule has 1 rings (SSSR count). The number of carbonyl (C=O) groups is 1. The Hall–Kier alpha value is -1.33. The zero-order valence-electron chi connectivity index (χ0n) is 10.6. The highest BCUT2D eigenvalue weighted by Gasteiger charge is 2.21. The van der Waals surface area contributed by atoms with Gasteiger partial charge in [0.2, 0.25) is 5.91 Å². The van der Waals surface area contributed by atoms with E-state index < -0.39 is 0 Å². The highest BCUT2D eigenvalue weighted by atomic mass is 16.3. The molecule has 0 saturated heterocycles. The molecule has 1 aromatic heterocycles. The van der Waals surface area contributed by atoms with Gasteiger partial charge in [0.1, 0.15) is 5.76 Å². The Bertz CT molecular complexity index is 338. The molecule has 2 unspecified atom stereocenters. The lowest BCUT2D eigenvalue weighted by atomic mass is 10.1. The summed E-state index contributed by atoms with van der Waals surface area (Å²) in [7, 11) is 3.59. The van der Waals surface area contributed by atoms with Gasteiger partial charge >= 0.3 is 0 Å². The SMILES string of the molecule is CNC(=O)C(C)CN(C)C(CN)c1ccco1. The fourth-order valence-corrected chi connectivity index (χ4v) is 1.88. The molecule has 96 valence electrons. The molecule has 0 aliphatic rings. The lowest BCUT2D eigenvalue weighted by Crippen LogP contribution is -2.38. The van der Waals surface area contributed by atoms with Crippen molar-refractivity contribution in [3.63, 3.8) is 0 Å². The van der Waals surface area contributed by atoms with Crippen molar-refractivity contribution in [2.45, 2.75) is 13.0 Å². The molecule has 0 saturated carbocycles. The molecule has 5 heteroatoms. The van der Waals surface area contributed by atoms with Gasteiger partial charge < -0.3 is 15.5 Å². The third-order valence-electron chi connectivity index (χ3n) is 2.88. The first-order valence-corrected chi connectivity index (χ1v) is 5.75. The lowest BCUT2D eigenvalue weighted by Gasteiger charge is -2.27. The second-order valence-corrected chi connectivity index (χ2v) is 4.22. The fourth-order valence-electron chi connectivity index (χ4n) is 1.88. The molecule has 0 aliphatic heterocycles. The van der Waals surface area contributed by atoms with Crippen molar-refractivity contribution in [3.05, 3.63) is 24.2 Å². The molecule has 0 aliphatic carbocycles. The third kappa shape index (κ3) is 3.57. The molecule has 0 fully saturated rings. The summed E-state index contributed by atoms with van der Waals surface area (Å²) in [5.74, 6) is 0.792. The lowest BCUT2D eigenvalue weighted by molar-refractivity contribution is -0.124. The van der Waals surface area contributed by atoms with E-state index in [0.29, 0.717) is 13.1 Å². The molecular weight excluding hydrogens is 218 g/mol. The molecule has 0 radical (unpaired) electrons. The third-order valence-corrected chi connectivity index (χ3v) is 2.88. The summed E-state index contributed by atoms with van der Waals surface area (Å²) in [4.78, 5) is 13.5. The van der Waals surface area contributed by atoms with Crippen molar-refractivity contribution < 1.29 is 9.21 Å². The van der Waals surface area contributed by atoms with E-state index in [1.807, 2.05) is 31.0 Å². The first kappa shape index (κ1) is 13.7. The minimum Gasteiger partial charge on any atom is -0.468 e. The summed E-state index contributed by atoms with van der Waals surface area (Å²) < 4.78 is 5.35. The summed E-state index contributed by atoms with van der Waals surface area (Å²) in [5, 5.41) is 2.64. The van der Waals surface area contributed by atoms with Gasteiger partial charge in [0.15, 0.2) is 0 Å². The van der Waals surface area contributed by atoms with Crippen molar-refractivity contribution >= 4 is 5.91 Å². The number of hydrogen-bond donors (Lipinski definition) is 2. The fraction of sp³-hybridized carbons (Fsp3) is 0.583. The summed E-state index contributed by atoms with van der Waals surface area (Å²) in [6, 6.07) is 3.75. The average molecular weight is 239 g/mol. The molecular formula is C12H21N3O2. The molecule has 1 aromatic rings. The van der Waals surface area contributed by atoms with Gasteiger partial charge in [-0.25, -0.2) is 0 Å². The number of nitrogens with zero attached hydrogens (tertiary/aromatic N) is 1. The van der Waals surface area contributed by atoms with E-state index in [0.717, 1.165) is 5.76 Å². The van der Waals surface area contributed by atoms with Crippen molar-refractivity contribution in [1.29, 1.82) is 0 Å². The Morgan fingerprint density at radius 3 is 2.82 bits per heavy atom. The number of amides is 1. The van der Waals surface area contributed by atoms with E-state index in [2.05, 4.69) is 5.32 Å². The van der Waals surface area contributed by atoms with Crippen LogP contribution >= 0.6 is 0 Å². The van der Waals surface area contributed by atoms with Gasteiger partial charge in [-0.2, -0.15) is 0 Å². The summed E-state index contributed by atoms with van der Waals surface area (Å²) in [6.07, 6.45) is 1.63. The predicted octanol–water partition coefficient (Wildman–Crippen LogP) is 0.593. The topological polar surface area (TPSA) is 71.5 Å². The molecule has 0 aromatic carbocycles. The molecule has 0 bridgehead atoms. The number of rotatable bonds is 6. The van der Waals surface area contributed by atoms with Crippen LogP contribution in [0.4, 0.5) is 0 Å². The molecule has 2 atom stereocenters. The Morgan fingerprint density at radius 1 is 1.65 bits per heavy atom. The van der Waals surface area contributed by atoms with Crippen LogP contribution in [-0.4, -0.2) is 38.0 Å². The van der Waals surface area contributed by atoms with Crippen molar-refractivity contribution in [1.82, 2.24) is 10.2 Å². The summed E-state index contributed by atoms with van der Waals surface area (Å²) in [6.45, 7) is 3.00. The Balaban J connectivity index is 2.61. The minimum atomic E-state index is -0.0750. The maximum absolute atomic E-state index is 11.5. The zero-order chi connectivity index (χ0) is 12.8. The first-order valence-electron chi connectivity index (χ1n) is 5.75. The van der Waals surface area contributed by atoms with Crippen LogP contribution in [0.1, 0.15) is 18.7 Å². The predicted molar refractivity (Wildman–Crippen MR) is 66.4 cm³/mol. The van der Waals surface area contributed by atoms with Gasteiger partial charge in [0.25, 0.3) is 0 Å². The molecule has 1 amide bonds. The smallest absolute Gasteiger partial charge is 0.223 e. The van der Waals surface area contributed by atoms with Crippen LogP contribution in [-0.2, 0) is 4.79 Å². The zero-order valence-corrected chi connectivity index (χ0v) is 10.6. The molecule has 3 N–H and O–H groups in total. The van der Waals surface area contributed by atoms with Crippen LogP contribution in [0.15, 0.2) is 22.8 Å². The summed E-state index contributed by atoms with van der Waals surface area (Å²) >= 11 is 0. The maximum Gasteiger partial charge on any atom is 0.223 e. The molecule has 0 spiro atoms. The van der Waals surface area contributed by atoms with Gasteiger partial charge in [0, 0.05) is 26.1 Å². The number of carbonyl (C=O) groups excluding carboxylic acids is 1. The van der Waals surface area contributed by atoms with Crippen molar-refractivity contribution in [2.24, 2.45) is 11.7 Å². The van der Waals surface area contributed by atoms with Crippen molar-refractivity contribution in [2.75, 3.05) is 27.2 Å². The Labute approximate surface area is 102 Å². The van der Waals surface area contributed by atoms with E-state index in [9.17, 15) is 4.79 Å². The number of likely N-dealkylation sites (N-methyl/N-ethyl adjacent to an activating group) is 1. The second-order valence-electron chi connectivity index (χ2n) is 4.22. The van der Waals surface area contributed by atoms with Crippen LogP contribution in [0.2, 0.25) is 0 Å². The van der Waals surface area contributed by atoms with Gasteiger partial charge in [-0.3, -0.25) is 9.69 Å². The first-order chi connectivity index (χ1) is 8.10. The largest absolute Gasteiger partial charge is 0.468 e.